The zero-order chi connectivity index (χ0) is 28.1. The molecule has 0 unspecified atom stereocenters. The van der Waals surface area contributed by atoms with Crippen LogP contribution in [0.4, 0.5) is 27.9 Å². The molecule has 0 bridgehead atoms. The molecule has 3 N–H and O–H groups in total. The fraction of sp³-hybridized carbons (Fsp3) is 0.571. The quantitative estimate of drug-likeness (QED) is 0.367. The molecule has 0 atom stereocenters. The number of methoxy groups -OCH3 is 1. The third kappa shape index (κ3) is 6.49. The van der Waals surface area contributed by atoms with E-state index in [-0.39, 0.29) is 6.03 Å². The number of hydrogen-bond donors (Lipinski definition) is 3. The number of piperazine rings is 1. The molecule has 216 valence electrons. The van der Waals surface area contributed by atoms with E-state index in [1.807, 2.05) is 38.2 Å². The van der Waals surface area contributed by atoms with Gasteiger partial charge in [0.25, 0.3) is 0 Å². The molecule has 2 aliphatic rings. The molecule has 40 heavy (non-hydrogen) atoms. The average Bonchev–Trinajstić information content (AvgIpc) is 3.45. The van der Waals surface area contributed by atoms with Crippen LogP contribution < -0.4 is 20.3 Å². The fourth-order valence-electron chi connectivity index (χ4n) is 5.38. The molecule has 3 heterocycles. The van der Waals surface area contributed by atoms with E-state index in [4.69, 9.17) is 9.72 Å². The van der Waals surface area contributed by atoms with E-state index < -0.39 is 0 Å². The van der Waals surface area contributed by atoms with Crippen LogP contribution >= 0.6 is 0 Å². The third-order valence-corrected chi connectivity index (χ3v) is 7.79. The minimum absolute atomic E-state index is 0.0878. The van der Waals surface area contributed by atoms with Crippen LogP contribution in [0.3, 0.4) is 0 Å². The largest absolute Gasteiger partial charge is 0.494 e. The molecule has 1 aliphatic heterocycles. The first-order valence-corrected chi connectivity index (χ1v) is 14.2. The number of ether oxygens (including phenoxy) is 1. The Balaban J connectivity index is 1.25. The van der Waals surface area contributed by atoms with Gasteiger partial charge in [0.15, 0.2) is 11.5 Å². The highest BCUT2D eigenvalue weighted by Crippen LogP contribution is 2.33. The van der Waals surface area contributed by atoms with Crippen LogP contribution in [0.25, 0.3) is 11.2 Å². The number of aromatic nitrogens is 4. The molecule has 2 aromatic heterocycles. The highest BCUT2D eigenvalue weighted by atomic mass is 16.5. The summed E-state index contributed by atoms with van der Waals surface area (Å²) in [6.07, 6.45) is 7.72. The molecule has 12 nitrogen and oxygen atoms in total. The van der Waals surface area contributed by atoms with Gasteiger partial charge in [-0.3, -0.25) is 0 Å². The zero-order valence-electron chi connectivity index (χ0n) is 24.1. The number of fused-ring (bicyclic) bond motifs is 1. The zero-order valence-corrected chi connectivity index (χ0v) is 24.1. The van der Waals surface area contributed by atoms with E-state index in [0.29, 0.717) is 43.0 Å². The van der Waals surface area contributed by atoms with Crippen LogP contribution in [0, 0.1) is 0 Å². The molecule has 2 fully saturated rings. The maximum Gasteiger partial charge on any atom is 0.319 e. The molecule has 0 spiro atoms. The van der Waals surface area contributed by atoms with Crippen molar-refractivity contribution in [2.45, 2.75) is 38.1 Å². The monoisotopic (exact) mass is 550 g/mol. The first-order valence-electron chi connectivity index (χ1n) is 14.2. The Morgan fingerprint density at radius 2 is 1.85 bits per heavy atom. The third-order valence-electron chi connectivity index (χ3n) is 7.79. The summed E-state index contributed by atoms with van der Waals surface area (Å²) in [5, 5.41) is 6.96. The van der Waals surface area contributed by atoms with Crippen molar-refractivity contribution < 1.29 is 9.53 Å². The van der Waals surface area contributed by atoms with Crippen molar-refractivity contribution in [2.24, 2.45) is 0 Å². The van der Waals surface area contributed by atoms with Gasteiger partial charge in [0.05, 0.1) is 19.1 Å². The predicted molar refractivity (Wildman–Crippen MR) is 159 cm³/mol. The molecule has 1 aromatic carbocycles. The summed E-state index contributed by atoms with van der Waals surface area (Å²) in [5.41, 5.74) is 3.27. The molecule has 1 aliphatic carbocycles. The second-order valence-electron chi connectivity index (χ2n) is 11.0. The van der Waals surface area contributed by atoms with Gasteiger partial charge >= 0.3 is 6.03 Å². The topological polar surface area (TPSA) is 118 Å². The minimum Gasteiger partial charge on any atom is -0.494 e. The van der Waals surface area contributed by atoms with E-state index >= 15 is 0 Å². The minimum atomic E-state index is 0.0878. The van der Waals surface area contributed by atoms with Crippen LogP contribution in [0.5, 0.6) is 5.75 Å². The van der Waals surface area contributed by atoms with E-state index in [1.54, 1.807) is 18.3 Å². The molecule has 12 heteroatoms. The van der Waals surface area contributed by atoms with Crippen LogP contribution in [0.1, 0.15) is 32.1 Å². The summed E-state index contributed by atoms with van der Waals surface area (Å²) < 4.78 is 5.75. The molecular weight excluding hydrogens is 508 g/mol. The van der Waals surface area contributed by atoms with E-state index in [1.165, 1.54) is 19.3 Å². The second kappa shape index (κ2) is 12.6. The lowest BCUT2D eigenvalue weighted by atomic mass is 9.95. The summed E-state index contributed by atoms with van der Waals surface area (Å²) in [6, 6.07) is 6.58. The van der Waals surface area contributed by atoms with Crippen LogP contribution in [0.15, 0.2) is 24.5 Å². The Morgan fingerprint density at radius 3 is 2.58 bits per heavy atom. The number of amides is 2. The number of carbonyl (C=O) groups is 1. The van der Waals surface area contributed by atoms with Gasteiger partial charge in [-0.15, -0.1) is 0 Å². The number of rotatable bonds is 9. The maximum atomic E-state index is 12.8. The standard InChI is InChI=1S/C28H42N10O2/c1-35(2)12-13-36(3)28(39)38-16-14-37(15-17-38)21-10-11-22(23(18-21)40-4)32-27-33-25-24(29-19-30-25)26(34-27)31-20-8-6-5-7-9-20/h10-11,18-20H,5-9,12-17H2,1-4H3,(H3,29,30,31,32,33,34). The van der Waals surface area contributed by atoms with Crippen molar-refractivity contribution in [2.75, 3.05) is 83.1 Å². The van der Waals surface area contributed by atoms with Crippen molar-refractivity contribution in [3.05, 3.63) is 24.5 Å². The summed E-state index contributed by atoms with van der Waals surface area (Å²) in [7, 11) is 7.57. The predicted octanol–water partition coefficient (Wildman–Crippen LogP) is 3.59. The molecule has 3 aromatic rings. The SMILES string of the molecule is COc1cc(N2CCN(C(=O)N(C)CCN(C)C)CC2)ccc1Nc1nc(NC2CCCCC2)c2[nH]cnc2n1. The van der Waals surface area contributed by atoms with Gasteiger partial charge in [0.2, 0.25) is 5.95 Å². The van der Waals surface area contributed by atoms with E-state index in [0.717, 1.165) is 55.2 Å². The van der Waals surface area contributed by atoms with Crippen molar-refractivity contribution in [3.63, 3.8) is 0 Å². The highest BCUT2D eigenvalue weighted by molar-refractivity contribution is 5.84. The van der Waals surface area contributed by atoms with Crippen molar-refractivity contribution in [1.82, 2.24) is 34.6 Å². The number of nitrogens with one attached hydrogen (secondary N) is 3. The Labute approximate surface area is 236 Å². The average molecular weight is 551 g/mol. The summed E-state index contributed by atoms with van der Waals surface area (Å²) in [5.74, 6) is 1.94. The lowest BCUT2D eigenvalue weighted by Gasteiger charge is -2.38. The Morgan fingerprint density at radius 1 is 1.07 bits per heavy atom. The Kier molecular flexibility index (Phi) is 8.73. The van der Waals surface area contributed by atoms with Gasteiger partial charge in [-0.25, -0.2) is 9.78 Å². The Bertz CT molecular complexity index is 1280. The van der Waals surface area contributed by atoms with Crippen molar-refractivity contribution >= 4 is 40.3 Å². The summed E-state index contributed by atoms with van der Waals surface area (Å²) >= 11 is 0. The molecule has 2 amide bonds. The first kappa shape index (κ1) is 27.8. The van der Waals surface area contributed by atoms with Gasteiger partial charge in [-0.05, 0) is 39.1 Å². The van der Waals surface area contributed by atoms with Gasteiger partial charge in [0.1, 0.15) is 11.3 Å². The number of urea groups is 1. The number of anilines is 4. The number of imidazole rings is 1. The molecule has 5 rings (SSSR count). The number of aromatic amines is 1. The number of H-pyrrole nitrogens is 1. The number of carbonyl (C=O) groups excluding carboxylic acids is 1. The van der Waals surface area contributed by atoms with Gasteiger partial charge in [0, 0.05) is 64.1 Å². The van der Waals surface area contributed by atoms with Crippen LogP contribution in [0.2, 0.25) is 0 Å². The van der Waals surface area contributed by atoms with E-state index in [2.05, 4.69) is 41.5 Å². The van der Waals surface area contributed by atoms with Gasteiger partial charge < -0.3 is 40.0 Å². The number of hydrogen-bond acceptors (Lipinski definition) is 9. The smallest absolute Gasteiger partial charge is 0.319 e. The molecule has 0 radical (unpaired) electrons. The highest BCUT2D eigenvalue weighted by Gasteiger charge is 2.24. The van der Waals surface area contributed by atoms with Gasteiger partial charge in [-0.2, -0.15) is 9.97 Å². The van der Waals surface area contributed by atoms with E-state index in [9.17, 15) is 4.79 Å². The molecule has 1 saturated carbocycles. The lowest BCUT2D eigenvalue weighted by molar-refractivity contribution is 0.156. The van der Waals surface area contributed by atoms with Crippen molar-refractivity contribution in [3.8, 4) is 5.75 Å². The number of benzene rings is 1. The fourth-order valence-corrected chi connectivity index (χ4v) is 5.38. The normalized spacial score (nSPS) is 16.4. The molecular formula is C28H42N10O2. The summed E-state index contributed by atoms with van der Waals surface area (Å²) in [6.45, 7) is 4.45. The molecule has 1 saturated heterocycles. The van der Waals surface area contributed by atoms with Crippen LogP contribution in [-0.2, 0) is 0 Å². The number of nitrogens with zero attached hydrogens (tertiary/aromatic N) is 7. The Hall–Kier alpha value is -3.80. The maximum absolute atomic E-state index is 12.8. The first-order chi connectivity index (χ1) is 19.4. The second-order valence-corrected chi connectivity index (χ2v) is 11.0. The lowest BCUT2D eigenvalue weighted by Crippen LogP contribution is -2.52. The number of likely N-dealkylation sites (N-methyl/N-ethyl adjacent to an activating group) is 2. The van der Waals surface area contributed by atoms with Crippen LogP contribution in [-0.4, -0.2) is 114 Å². The van der Waals surface area contributed by atoms with Gasteiger partial charge in [-0.1, -0.05) is 19.3 Å². The van der Waals surface area contributed by atoms with Crippen molar-refractivity contribution in [1.29, 1.82) is 0 Å². The summed E-state index contributed by atoms with van der Waals surface area (Å²) in [4.78, 5) is 37.9.